The number of halogens is 3. The summed E-state index contributed by atoms with van der Waals surface area (Å²) < 4.78 is 57.2. The van der Waals surface area contributed by atoms with Crippen molar-refractivity contribution in [1.82, 2.24) is 14.9 Å². The van der Waals surface area contributed by atoms with Crippen LogP contribution in [-0.2, 0) is 27.0 Å². The molecule has 1 aromatic rings. The van der Waals surface area contributed by atoms with Gasteiger partial charge in [0.15, 0.2) is 11.6 Å². The molecule has 2 amide bonds. The maximum atomic E-state index is 14.5. The average Bonchev–Trinajstić information content (AvgIpc) is 2.98. The SMILES string of the molecule is CC(=O)N[C@@H](C)C(=O)N1[C@@H]2CC[C@H]1CC([C@@H](Cc1cc(F)c(F)cc1F)N[S@](=O)C(C)(C)C)C2. The lowest BCUT2D eigenvalue weighted by molar-refractivity contribution is -0.140. The molecule has 190 valence electrons. The predicted molar refractivity (Wildman–Crippen MR) is 124 cm³/mol. The van der Waals surface area contributed by atoms with Gasteiger partial charge >= 0.3 is 0 Å². The molecule has 2 bridgehead atoms. The minimum Gasteiger partial charge on any atom is -0.345 e. The van der Waals surface area contributed by atoms with Crippen LogP contribution in [-0.4, -0.2) is 49.8 Å². The number of carbonyl (C=O) groups is 2. The van der Waals surface area contributed by atoms with Gasteiger partial charge in [-0.2, -0.15) is 0 Å². The first-order valence-corrected chi connectivity index (χ1v) is 12.8. The third kappa shape index (κ3) is 6.00. The Bertz CT molecular complexity index is 955. The van der Waals surface area contributed by atoms with Crippen molar-refractivity contribution in [3.8, 4) is 0 Å². The van der Waals surface area contributed by atoms with Crippen LogP contribution in [0, 0.1) is 23.4 Å². The predicted octanol–water partition coefficient (Wildman–Crippen LogP) is 3.36. The fourth-order valence-corrected chi connectivity index (χ4v) is 5.98. The van der Waals surface area contributed by atoms with Gasteiger partial charge in [0.05, 0.1) is 15.7 Å². The number of rotatable bonds is 7. The van der Waals surface area contributed by atoms with Gasteiger partial charge in [0.2, 0.25) is 11.8 Å². The Hall–Kier alpha value is -1.94. The first-order valence-electron chi connectivity index (χ1n) is 11.7. The maximum Gasteiger partial charge on any atom is 0.245 e. The van der Waals surface area contributed by atoms with Gasteiger partial charge in [0.25, 0.3) is 0 Å². The summed E-state index contributed by atoms with van der Waals surface area (Å²) >= 11 is 0. The molecule has 34 heavy (non-hydrogen) atoms. The minimum atomic E-state index is -1.46. The van der Waals surface area contributed by atoms with Crippen LogP contribution in [0.2, 0.25) is 0 Å². The molecule has 2 fully saturated rings. The van der Waals surface area contributed by atoms with E-state index in [0.717, 1.165) is 18.9 Å². The van der Waals surface area contributed by atoms with Gasteiger partial charge in [-0.1, -0.05) is 0 Å². The van der Waals surface area contributed by atoms with Gasteiger partial charge in [0, 0.05) is 31.1 Å². The van der Waals surface area contributed by atoms with Crippen molar-refractivity contribution >= 4 is 22.8 Å². The number of benzene rings is 1. The number of hydrogen-bond donors (Lipinski definition) is 2. The molecule has 0 aromatic heterocycles. The summed E-state index contributed by atoms with van der Waals surface area (Å²) in [5, 5.41) is 2.64. The standard InChI is InChI=1S/C24H34F3N3O3S/c1-13(28-14(2)31)23(32)30-17-6-7-18(30)9-16(8-17)22(29-34(33)24(3,4)5)11-15-10-20(26)21(27)12-19(15)25/h10,12-13,16-18,22,29H,6-9,11H2,1-5H3,(H,28,31)/t13-,16?,17-,18+,22+,34+/m0/s1. The smallest absolute Gasteiger partial charge is 0.245 e. The fourth-order valence-electron chi connectivity index (χ4n) is 5.07. The number of nitrogens with one attached hydrogen (secondary N) is 2. The molecular formula is C24H34F3N3O3S. The second kappa shape index (κ2) is 10.4. The van der Waals surface area contributed by atoms with Crippen LogP contribution in [0.25, 0.3) is 0 Å². The second-order valence-corrected chi connectivity index (χ2v) is 12.4. The average molecular weight is 502 g/mol. The number of piperidine rings is 1. The molecule has 1 aromatic carbocycles. The number of carbonyl (C=O) groups excluding carboxylic acids is 2. The lowest BCUT2D eigenvalue weighted by Crippen LogP contribution is -2.56. The highest BCUT2D eigenvalue weighted by atomic mass is 32.2. The Morgan fingerprint density at radius 3 is 2.18 bits per heavy atom. The van der Waals surface area contributed by atoms with Gasteiger partial charge in [-0.05, 0) is 77.3 Å². The lowest BCUT2D eigenvalue weighted by atomic mass is 9.82. The molecule has 0 aliphatic carbocycles. The summed E-state index contributed by atoms with van der Waals surface area (Å²) in [4.78, 5) is 26.3. The van der Waals surface area contributed by atoms with Gasteiger partial charge < -0.3 is 10.2 Å². The summed E-state index contributed by atoms with van der Waals surface area (Å²) in [6.45, 7) is 8.49. The third-order valence-electron chi connectivity index (χ3n) is 6.73. The highest BCUT2D eigenvalue weighted by Crippen LogP contribution is 2.41. The Kier molecular flexibility index (Phi) is 8.12. The molecular weight excluding hydrogens is 467 g/mol. The molecule has 6 atom stereocenters. The minimum absolute atomic E-state index is 0.0208. The van der Waals surface area contributed by atoms with Gasteiger partial charge in [-0.3, -0.25) is 9.59 Å². The molecule has 10 heteroatoms. The van der Waals surface area contributed by atoms with Gasteiger partial charge in [-0.15, -0.1) is 0 Å². The van der Waals surface area contributed by atoms with Crippen molar-refractivity contribution in [3.05, 3.63) is 35.1 Å². The molecule has 2 heterocycles. The highest BCUT2D eigenvalue weighted by molar-refractivity contribution is 7.84. The van der Waals surface area contributed by atoms with E-state index in [1.165, 1.54) is 6.92 Å². The Morgan fingerprint density at radius 1 is 1.09 bits per heavy atom. The van der Waals surface area contributed by atoms with E-state index in [0.29, 0.717) is 18.9 Å². The monoisotopic (exact) mass is 501 g/mol. The molecule has 2 N–H and O–H groups in total. The van der Waals surface area contributed by atoms with Crippen molar-refractivity contribution in [2.45, 2.75) is 95.6 Å². The third-order valence-corrected chi connectivity index (χ3v) is 8.36. The summed E-state index contributed by atoms with van der Waals surface area (Å²) in [6.07, 6.45) is 2.90. The van der Waals surface area contributed by atoms with E-state index in [1.54, 1.807) is 6.92 Å². The topological polar surface area (TPSA) is 78.5 Å². The molecule has 2 aliphatic heterocycles. The Balaban J connectivity index is 1.82. The number of amides is 2. The van der Waals surface area contributed by atoms with E-state index in [-0.39, 0.29) is 41.8 Å². The van der Waals surface area contributed by atoms with Crippen LogP contribution >= 0.6 is 0 Å². The molecule has 2 aliphatic rings. The van der Waals surface area contributed by atoms with Crippen molar-refractivity contribution in [2.24, 2.45) is 5.92 Å². The summed E-state index contributed by atoms with van der Waals surface area (Å²) in [7, 11) is -1.46. The van der Waals surface area contributed by atoms with Crippen molar-refractivity contribution < 1.29 is 27.0 Å². The molecule has 0 spiro atoms. The van der Waals surface area contributed by atoms with Crippen molar-refractivity contribution in [3.63, 3.8) is 0 Å². The van der Waals surface area contributed by atoms with E-state index in [2.05, 4.69) is 10.0 Å². The van der Waals surface area contributed by atoms with E-state index in [1.807, 2.05) is 25.7 Å². The number of nitrogens with zero attached hydrogens (tertiary/aromatic N) is 1. The largest absolute Gasteiger partial charge is 0.345 e. The zero-order valence-electron chi connectivity index (χ0n) is 20.3. The van der Waals surface area contributed by atoms with Crippen LogP contribution in [0.4, 0.5) is 13.2 Å². The van der Waals surface area contributed by atoms with E-state index < -0.39 is 45.3 Å². The summed E-state index contributed by atoms with van der Waals surface area (Å²) in [5.74, 6) is -3.66. The zero-order chi connectivity index (χ0) is 25.4. The number of fused-ring (bicyclic) bond motifs is 2. The zero-order valence-corrected chi connectivity index (χ0v) is 21.1. The highest BCUT2D eigenvalue weighted by Gasteiger charge is 2.46. The molecule has 2 saturated heterocycles. The Morgan fingerprint density at radius 2 is 1.65 bits per heavy atom. The molecule has 3 rings (SSSR count). The lowest BCUT2D eigenvalue weighted by Gasteiger charge is -2.43. The second-order valence-electron chi connectivity index (χ2n) is 10.5. The van der Waals surface area contributed by atoms with Crippen LogP contribution < -0.4 is 10.0 Å². The normalized spacial score (nSPS) is 25.1. The van der Waals surface area contributed by atoms with Crippen LogP contribution in [0.5, 0.6) is 0 Å². The van der Waals surface area contributed by atoms with E-state index >= 15 is 0 Å². The Labute approximate surface area is 201 Å². The van der Waals surface area contributed by atoms with Crippen LogP contribution in [0.15, 0.2) is 12.1 Å². The van der Waals surface area contributed by atoms with E-state index in [9.17, 15) is 27.0 Å². The van der Waals surface area contributed by atoms with Gasteiger partial charge in [0.1, 0.15) is 11.9 Å². The maximum absolute atomic E-state index is 14.5. The molecule has 1 unspecified atom stereocenters. The molecule has 6 nitrogen and oxygen atoms in total. The first-order chi connectivity index (χ1) is 15.8. The van der Waals surface area contributed by atoms with Crippen molar-refractivity contribution in [2.75, 3.05) is 0 Å². The van der Waals surface area contributed by atoms with Crippen LogP contribution in [0.1, 0.15) is 65.9 Å². The quantitative estimate of drug-likeness (QED) is 0.563. The molecule has 0 saturated carbocycles. The summed E-state index contributed by atoms with van der Waals surface area (Å²) in [6, 6.07) is 0.228. The van der Waals surface area contributed by atoms with Crippen LogP contribution in [0.3, 0.4) is 0 Å². The fraction of sp³-hybridized carbons (Fsp3) is 0.667. The van der Waals surface area contributed by atoms with Crippen molar-refractivity contribution in [1.29, 1.82) is 0 Å². The number of hydrogen-bond acceptors (Lipinski definition) is 3. The van der Waals surface area contributed by atoms with E-state index in [4.69, 9.17) is 0 Å². The summed E-state index contributed by atoms with van der Waals surface area (Å²) in [5.41, 5.74) is 0.0208. The first kappa shape index (κ1) is 26.7. The molecule has 0 radical (unpaired) electrons. The van der Waals surface area contributed by atoms with Gasteiger partial charge in [-0.25, -0.2) is 22.1 Å².